The van der Waals surface area contributed by atoms with Gasteiger partial charge in [-0.2, -0.15) is 0 Å². The van der Waals surface area contributed by atoms with Crippen LogP contribution < -0.4 is 11.1 Å². The van der Waals surface area contributed by atoms with E-state index in [0.29, 0.717) is 0 Å². The predicted molar refractivity (Wildman–Crippen MR) is 79.3 cm³/mol. The van der Waals surface area contributed by atoms with Gasteiger partial charge in [0.15, 0.2) is 0 Å². The van der Waals surface area contributed by atoms with Gasteiger partial charge in [-0.1, -0.05) is 28.1 Å². The zero-order chi connectivity index (χ0) is 14.7. The van der Waals surface area contributed by atoms with Crippen molar-refractivity contribution >= 4 is 33.3 Å². The van der Waals surface area contributed by atoms with Crippen molar-refractivity contribution in [2.24, 2.45) is 0 Å². The number of anilines is 2. The van der Waals surface area contributed by atoms with Crippen LogP contribution in [0.25, 0.3) is 0 Å². The van der Waals surface area contributed by atoms with E-state index in [9.17, 15) is 10.1 Å². The molecule has 0 fully saturated rings. The van der Waals surface area contributed by atoms with E-state index in [1.807, 2.05) is 31.2 Å². The van der Waals surface area contributed by atoms with E-state index in [0.717, 1.165) is 10.0 Å². The molecule has 7 nitrogen and oxygen atoms in total. The van der Waals surface area contributed by atoms with Gasteiger partial charge in [-0.3, -0.25) is 10.1 Å². The lowest BCUT2D eigenvalue weighted by Gasteiger charge is -2.15. The van der Waals surface area contributed by atoms with E-state index in [1.54, 1.807) is 0 Å². The van der Waals surface area contributed by atoms with Crippen molar-refractivity contribution in [3.05, 3.63) is 50.7 Å². The molecule has 0 amide bonds. The third kappa shape index (κ3) is 3.02. The topological polar surface area (TPSA) is 107 Å². The molecule has 2 rings (SSSR count). The summed E-state index contributed by atoms with van der Waals surface area (Å²) in [6.45, 7) is 1.88. The third-order valence-electron chi connectivity index (χ3n) is 2.74. The summed E-state index contributed by atoms with van der Waals surface area (Å²) >= 11 is 3.38. The third-order valence-corrected chi connectivity index (χ3v) is 3.23. The van der Waals surface area contributed by atoms with E-state index < -0.39 is 4.92 Å². The van der Waals surface area contributed by atoms with Crippen LogP contribution in [0.3, 0.4) is 0 Å². The van der Waals surface area contributed by atoms with Gasteiger partial charge < -0.3 is 11.1 Å². The van der Waals surface area contributed by atoms with Gasteiger partial charge in [0.2, 0.25) is 11.6 Å². The minimum absolute atomic E-state index is 0.106. The molecule has 0 saturated heterocycles. The highest BCUT2D eigenvalue weighted by atomic mass is 79.9. The van der Waals surface area contributed by atoms with Crippen LogP contribution in [0.1, 0.15) is 18.5 Å². The number of halogens is 1. The van der Waals surface area contributed by atoms with Crippen molar-refractivity contribution in [3.8, 4) is 0 Å². The fourth-order valence-electron chi connectivity index (χ4n) is 1.74. The van der Waals surface area contributed by atoms with Gasteiger partial charge in [-0.15, -0.1) is 0 Å². The fraction of sp³-hybridized carbons (Fsp3) is 0.167. The largest absolute Gasteiger partial charge is 0.378 e. The number of nitro groups is 1. The molecule has 104 valence electrons. The minimum atomic E-state index is -0.592. The molecule has 8 heteroatoms. The first kappa shape index (κ1) is 14.2. The number of nitrogen functional groups attached to an aromatic ring is 1. The first-order valence-electron chi connectivity index (χ1n) is 5.76. The lowest BCUT2D eigenvalue weighted by Crippen LogP contribution is -2.11. The van der Waals surface area contributed by atoms with Gasteiger partial charge in [0.25, 0.3) is 0 Å². The van der Waals surface area contributed by atoms with Crippen molar-refractivity contribution in [3.63, 3.8) is 0 Å². The van der Waals surface area contributed by atoms with E-state index in [2.05, 4.69) is 31.2 Å². The molecular weight excluding hydrogens is 326 g/mol. The Balaban J connectivity index is 2.30. The van der Waals surface area contributed by atoms with E-state index in [4.69, 9.17) is 5.73 Å². The van der Waals surface area contributed by atoms with Crippen LogP contribution in [0.5, 0.6) is 0 Å². The summed E-state index contributed by atoms with van der Waals surface area (Å²) in [4.78, 5) is 17.9. The second-order valence-corrected chi connectivity index (χ2v) is 5.05. The molecule has 0 aliphatic carbocycles. The molecule has 2 aromatic rings. The van der Waals surface area contributed by atoms with Crippen molar-refractivity contribution < 1.29 is 4.92 Å². The molecule has 0 saturated carbocycles. The Hall–Kier alpha value is -2.22. The Morgan fingerprint density at radius 1 is 1.45 bits per heavy atom. The average Bonchev–Trinajstić information content (AvgIpc) is 2.38. The van der Waals surface area contributed by atoms with E-state index >= 15 is 0 Å². The molecule has 1 atom stereocenters. The zero-order valence-corrected chi connectivity index (χ0v) is 12.2. The summed E-state index contributed by atoms with van der Waals surface area (Å²) in [7, 11) is 0. The molecule has 0 aliphatic rings. The number of aromatic nitrogens is 2. The van der Waals surface area contributed by atoms with Crippen LogP contribution >= 0.6 is 15.9 Å². The maximum Gasteiger partial charge on any atom is 0.353 e. The Kier molecular flexibility index (Phi) is 4.14. The van der Waals surface area contributed by atoms with Gasteiger partial charge in [0.1, 0.15) is 6.33 Å². The summed E-state index contributed by atoms with van der Waals surface area (Å²) in [6, 6.07) is 7.47. The number of hydrogen-bond donors (Lipinski definition) is 2. The molecule has 1 aromatic heterocycles. The summed E-state index contributed by atoms with van der Waals surface area (Å²) in [5, 5.41) is 14.0. The van der Waals surface area contributed by atoms with Crippen LogP contribution in [0.15, 0.2) is 35.1 Å². The fourth-order valence-corrected chi connectivity index (χ4v) is 2.16. The van der Waals surface area contributed by atoms with Crippen molar-refractivity contribution in [1.82, 2.24) is 9.97 Å². The maximum absolute atomic E-state index is 11.0. The molecule has 3 N–H and O–H groups in total. The Morgan fingerprint density at radius 3 is 2.85 bits per heavy atom. The highest BCUT2D eigenvalue weighted by Crippen LogP contribution is 2.29. The maximum atomic E-state index is 11.0. The standard InChI is InChI=1S/C12H12BrN5O2/c1-7(8-3-2-4-9(13)5-8)17-12-10(18(19)20)11(14)15-6-16-12/h2-7H,1H3,(H3,14,15,16,17). The molecule has 20 heavy (non-hydrogen) atoms. The van der Waals surface area contributed by atoms with Crippen molar-refractivity contribution in [2.75, 3.05) is 11.1 Å². The van der Waals surface area contributed by atoms with E-state index in [1.165, 1.54) is 6.33 Å². The quantitative estimate of drug-likeness (QED) is 0.656. The second kappa shape index (κ2) is 5.83. The molecule has 0 bridgehead atoms. The lowest BCUT2D eigenvalue weighted by molar-refractivity contribution is -0.383. The molecular formula is C12H12BrN5O2. The smallest absolute Gasteiger partial charge is 0.353 e. The van der Waals surface area contributed by atoms with Crippen LogP contribution in [0, 0.1) is 10.1 Å². The van der Waals surface area contributed by atoms with Gasteiger partial charge in [-0.25, -0.2) is 9.97 Å². The van der Waals surface area contributed by atoms with E-state index in [-0.39, 0.29) is 23.4 Å². The number of nitrogens with two attached hydrogens (primary N) is 1. The Labute approximate surface area is 123 Å². The SMILES string of the molecule is CC(Nc1ncnc(N)c1[N+](=O)[O-])c1cccc(Br)c1. The van der Waals surface area contributed by atoms with Crippen LogP contribution in [0.2, 0.25) is 0 Å². The second-order valence-electron chi connectivity index (χ2n) is 4.13. The number of nitrogens with zero attached hydrogens (tertiary/aromatic N) is 3. The highest BCUT2D eigenvalue weighted by molar-refractivity contribution is 9.10. The van der Waals surface area contributed by atoms with Crippen LogP contribution in [-0.4, -0.2) is 14.9 Å². The molecule has 0 spiro atoms. The van der Waals surface area contributed by atoms with Gasteiger partial charge in [0.05, 0.1) is 11.0 Å². The molecule has 1 heterocycles. The van der Waals surface area contributed by atoms with Gasteiger partial charge >= 0.3 is 5.69 Å². The molecule has 1 unspecified atom stereocenters. The Bertz CT molecular complexity index is 649. The summed E-state index contributed by atoms with van der Waals surface area (Å²) < 4.78 is 0.931. The molecule has 0 radical (unpaired) electrons. The Morgan fingerprint density at radius 2 is 2.20 bits per heavy atom. The van der Waals surface area contributed by atoms with Crippen molar-refractivity contribution in [1.29, 1.82) is 0 Å². The van der Waals surface area contributed by atoms with Crippen LogP contribution in [-0.2, 0) is 0 Å². The predicted octanol–water partition coefficient (Wildman–Crippen LogP) is 2.90. The average molecular weight is 338 g/mol. The minimum Gasteiger partial charge on any atom is -0.378 e. The first-order chi connectivity index (χ1) is 9.49. The summed E-state index contributed by atoms with van der Waals surface area (Å²) in [5.74, 6) is -0.0519. The lowest BCUT2D eigenvalue weighted by atomic mass is 10.1. The monoisotopic (exact) mass is 337 g/mol. The number of hydrogen-bond acceptors (Lipinski definition) is 6. The number of nitrogens with one attached hydrogen (secondary N) is 1. The van der Waals surface area contributed by atoms with Crippen molar-refractivity contribution in [2.45, 2.75) is 13.0 Å². The van der Waals surface area contributed by atoms with Gasteiger partial charge in [-0.05, 0) is 24.6 Å². The first-order valence-corrected chi connectivity index (χ1v) is 6.55. The van der Waals surface area contributed by atoms with Gasteiger partial charge in [0, 0.05) is 4.47 Å². The summed E-state index contributed by atoms with van der Waals surface area (Å²) in [5.41, 5.74) is 6.17. The summed E-state index contributed by atoms with van der Waals surface area (Å²) in [6.07, 6.45) is 1.19. The number of benzene rings is 1. The van der Waals surface area contributed by atoms with Crippen LogP contribution in [0.4, 0.5) is 17.3 Å². The molecule has 1 aromatic carbocycles. The highest BCUT2D eigenvalue weighted by Gasteiger charge is 2.22. The normalized spacial score (nSPS) is 11.9. The number of rotatable bonds is 4. The zero-order valence-electron chi connectivity index (χ0n) is 10.6. The molecule has 0 aliphatic heterocycles.